The summed E-state index contributed by atoms with van der Waals surface area (Å²) in [6.07, 6.45) is 9.55. The van der Waals surface area contributed by atoms with Gasteiger partial charge in [-0.3, -0.25) is 0 Å². The molecule has 1 aliphatic heterocycles. The zero-order valence-corrected chi connectivity index (χ0v) is 18.0. The fraction of sp³-hybridized carbons (Fsp3) is 0.583. The highest BCUT2D eigenvalue weighted by Gasteiger charge is 2.42. The van der Waals surface area contributed by atoms with Gasteiger partial charge in [0.1, 0.15) is 11.9 Å². The molecular formula is C24H29ClFN3O. The topological polar surface area (TPSA) is 38.2 Å². The Hall–Kier alpha value is -1.72. The average Bonchev–Trinajstić information content (AvgIpc) is 3.29. The van der Waals surface area contributed by atoms with Crippen molar-refractivity contribution in [1.29, 1.82) is 0 Å². The summed E-state index contributed by atoms with van der Waals surface area (Å²) in [5.74, 6) is 2.61. The summed E-state index contributed by atoms with van der Waals surface area (Å²) >= 11 is 6.17. The monoisotopic (exact) mass is 429 g/mol. The van der Waals surface area contributed by atoms with E-state index in [-0.39, 0.29) is 11.9 Å². The van der Waals surface area contributed by atoms with E-state index in [4.69, 9.17) is 16.3 Å². The molecule has 0 bridgehead atoms. The highest BCUT2D eigenvalue weighted by Crippen LogP contribution is 2.40. The molecule has 0 spiro atoms. The quantitative estimate of drug-likeness (QED) is 0.619. The van der Waals surface area contributed by atoms with E-state index in [1.54, 1.807) is 6.07 Å². The molecule has 0 N–H and O–H groups in total. The minimum absolute atomic E-state index is 0.217. The van der Waals surface area contributed by atoms with Crippen LogP contribution in [-0.2, 0) is 0 Å². The van der Waals surface area contributed by atoms with E-state index in [0.29, 0.717) is 22.2 Å². The molecule has 0 amide bonds. The lowest BCUT2D eigenvalue weighted by atomic mass is 9.89. The molecule has 0 unspecified atom stereocenters. The van der Waals surface area contributed by atoms with Crippen LogP contribution in [0.3, 0.4) is 0 Å². The van der Waals surface area contributed by atoms with Crippen LogP contribution in [0, 0.1) is 23.6 Å². The second kappa shape index (κ2) is 8.80. The van der Waals surface area contributed by atoms with Gasteiger partial charge < -0.3 is 9.64 Å². The smallest absolute Gasteiger partial charge is 0.233 e. The number of halogens is 2. The number of rotatable bonds is 5. The predicted octanol–water partition coefficient (Wildman–Crippen LogP) is 5.61. The first-order valence-electron chi connectivity index (χ1n) is 11.3. The summed E-state index contributed by atoms with van der Waals surface area (Å²) in [5.41, 5.74) is 1.10. The molecule has 0 radical (unpaired) electrons. The number of nitrogens with zero attached hydrogens (tertiary/aromatic N) is 3. The lowest BCUT2D eigenvalue weighted by molar-refractivity contribution is 0.167. The van der Waals surface area contributed by atoms with E-state index in [0.717, 1.165) is 30.6 Å². The van der Waals surface area contributed by atoms with Crippen LogP contribution < -0.4 is 4.74 Å². The first-order chi connectivity index (χ1) is 14.6. The second-order valence-corrected chi connectivity index (χ2v) is 9.74. The van der Waals surface area contributed by atoms with Gasteiger partial charge in [0, 0.05) is 31.3 Å². The van der Waals surface area contributed by atoms with Gasteiger partial charge in [0.2, 0.25) is 5.88 Å². The summed E-state index contributed by atoms with van der Waals surface area (Å²) in [6.45, 7) is 3.75. The molecule has 1 aromatic carbocycles. The van der Waals surface area contributed by atoms with Crippen LogP contribution in [0.4, 0.5) is 4.39 Å². The van der Waals surface area contributed by atoms with Crippen molar-refractivity contribution in [2.75, 3.05) is 19.6 Å². The van der Waals surface area contributed by atoms with Gasteiger partial charge >= 0.3 is 0 Å². The number of aromatic nitrogens is 2. The summed E-state index contributed by atoms with van der Waals surface area (Å²) < 4.78 is 19.7. The van der Waals surface area contributed by atoms with Crippen LogP contribution in [0.2, 0.25) is 5.02 Å². The molecule has 3 fully saturated rings. The average molecular weight is 430 g/mol. The maximum Gasteiger partial charge on any atom is 0.233 e. The van der Waals surface area contributed by atoms with E-state index in [2.05, 4.69) is 15.1 Å². The van der Waals surface area contributed by atoms with Crippen molar-refractivity contribution in [3.63, 3.8) is 0 Å². The predicted molar refractivity (Wildman–Crippen MR) is 116 cm³/mol. The van der Waals surface area contributed by atoms with Crippen molar-refractivity contribution in [3.8, 4) is 17.1 Å². The molecule has 6 heteroatoms. The number of hydrogen-bond acceptors (Lipinski definition) is 4. The Morgan fingerprint density at radius 1 is 1.00 bits per heavy atom. The molecule has 5 rings (SSSR count). The Morgan fingerprint density at radius 2 is 1.77 bits per heavy atom. The summed E-state index contributed by atoms with van der Waals surface area (Å²) in [7, 11) is 0. The molecule has 1 saturated heterocycles. The third-order valence-corrected chi connectivity index (χ3v) is 7.49. The Kier molecular flexibility index (Phi) is 5.92. The fourth-order valence-corrected chi connectivity index (χ4v) is 5.93. The zero-order valence-electron chi connectivity index (χ0n) is 17.3. The number of hydrogen-bond donors (Lipinski definition) is 0. The van der Waals surface area contributed by atoms with E-state index >= 15 is 0 Å². The summed E-state index contributed by atoms with van der Waals surface area (Å²) in [6, 6.07) is 7.86. The van der Waals surface area contributed by atoms with Gasteiger partial charge in [-0.1, -0.05) is 30.9 Å². The van der Waals surface area contributed by atoms with Gasteiger partial charge in [0.15, 0.2) is 0 Å². The van der Waals surface area contributed by atoms with Crippen molar-refractivity contribution in [1.82, 2.24) is 15.1 Å². The van der Waals surface area contributed by atoms with Gasteiger partial charge in [-0.25, -0.2) is 4.39 Å². The lowest BCUT2D eigenvalue weighted by Crippen LogP contribution is -2.30. The third-order valence-electron chi connectivity index (χ3n) is 7.16. The standard InChI is InChI=1S/C24H29ClFN3O/c25-22-7-6-19(26)12-21(22)23-8-9-24(28-27-23)30-20-10-17-14-29(15-18(17)11-20)13-16-4-2-1-3-5-16/h6-9,12,16-18,20H,1-5,10-11,13-15H2/t17-,18+,20-. The van der Waals surface area contributed by atoms with E-state index in [1.807, 2.05) is 6.07 Å². The SMILES string of the molecule is Fc1ccc(Cl)c(-c2ccc(O[C@@H]3C[C@@H]4CN(CC5CCCCC5)C[C@@H]4C3)nn2)c1. The minimum Gasteiger partial charge on any atom is -0.473 e. The largest absolute Gasteiger partial charge is 0.473 e. The normalized spacial score (nSPS) is 27.3. The Morgan fingerprint density at radius 3 is 2.47 bits per heavy atom. The first kappa shape index (κ1) is 20.2. The van der Waals surface area contributed by atoms with Crippen LogP contribution in [0.5, 0.6) is 5.88 Å². The van der Waals surface area contributed by atoms with Crippen molar-refractivity contribution >= 4 is 11.6 Å². The van der Waals surface area contributed by atoms with Crippen molar-refractivity contribution in [2.45, 2.75) is 51.0 Å². The van der Waals surface area contributed by atoms with Crippen LogP contribution in [0.15, 0.2) is 30.3 Å². The molecule has 3 aliphatic rings. The highest BCUT2D eigenvalue weighted by atomic mass is 35.5. The van der Waals surface area contributed by atoms with Gasteiger partial charge in [-0.05, 0) is 67.7 Å². The van der Waals surface area contributed by atoms with Crippen molar-refractivity contribution in [2.24, 2.45) is 17.8 Å². The van der Waals surface area contributed by atoms with Gasteiger partial charge in [0.25, 0.3) is 0 Å². The molecule has 1 aromatic heterocycles. The van der Waals surface area contributed by atoms with Crippen LogP contribution in [0.1, 0.15) is 44.9 Å². The van der Waals surface area contributed by atoms with Gasteiger partial charge in [0.05, 0.1) is 10.7 Å². The van der Waals surface area contributed by atoms with Crippen LogP contribution in [-0.4, -0.2) is 40.8 Å². The Balaban J connectivity index is 1.14. The molecular weight excluding hydrogens is 401 g/mol. The second-order valence-electron chi connectivity index (χ2n) is 9.33. The van der Waals surface area contributed by atoms with Crippen molar-refractivity contribution in [3.05, 3.63) is 41.2 Å². The maximum absolute atomic E-state index is 13.5. The molecule has 2 aliphatic carbocycles. The number of benzene rings is 1. The summed E-state index contributed by atoms with van der Waals surface area (Å²) in [4.78, 5) is 2.71. The third kappa shape index (κ3) is 4.47. The summed E-state index contributed by atoms with van der Waals surface area (Å²) in [5, 5.41) is 8.88. The van der Waals surface area contributed by atoms with Crippen molar-refractivity contribution < 1.29 is 9.13 Å². The van der Waals surface area contributed by atoms with E-state index in [9.17, 15) is 4.39 Å². The lowest BCUT2D eigenvalue weighted by Gasteiger charge is -2.27. The molecule has 3 atom stereocenters. The maximum atomic E-state index is 13.5. The van der Waals surface area contributed by atoms with Gasteiger partial charge in [-0.15, -0.1) is 10.2 Å². The molecule has 160 valence electrons. The molecule has 2 saturated carbocycles. The zero-order chi connectivity index (χ0) is 20.5. The molecule has 4 nitrogen and oxygen atoms in total. The Labute approximate surface area is 182 Å². The van der Waals surface area contributed by atoms with E-state index in [1.165, 1.54) is 69.9 Å². The van der Waals surface area contributed by atoms with Gasteiger partial charge in [-0.2, -0.15) is 0 Å². The first-order valence-corrected chi connectivity index (χ1v) is 11.7. The Bertz CT molecular complexity index is 857. The van der Waals surface area contributed by atoms with Crippen LogP contribution in [0.25, 0.3) is 11.3 Å². The minimum atomic E-state index is -0.341. The van der Waals surface area contributed by atoms with E-state index < -0.39 is 0 Å². The fourth-order valence-electron chi connectivity index (χ4n) is 5.71. The molecule has 2 heterocycles. The molecule has 2 aromatic rings. The molecule has 30 heavy (non-hydrogen) atoms. The highest BCUT2D eigenvalue weighted by molar-refractivity contribution is 6.33. The number of likely N-dealkylation sites (tertiary alicyclic amines) is 1. The number of fused-ring (bicyclic) bond motifs is 1. The number of ether oxygens (including phenoxy) is 1. The van der Waals surface area contributed by atoms with Crippen LogP contribution >= 0.6 is 11.6 Å².